The third-order valence-corrected chi connectivity index (χ3v) is 7.29. The van der Waals surface area contributed by atoms with E-state index in [0.29, 0.717) is 31.0 Å². The zero-order valence-electron chi connectivity index (χ0n) is 19.0. The van der Waals surface area contributed by atoms with Gasteiger partial charge >= 0.3 is 0 Å². The van der Waals surface area contributed by atoms with Gasteiger partial charge in [0.25, 0.3) is 0 Å². The van der Waals surface area contributed by atoms with Gasteiger partial charge in [-0.3, -0.25) is 14.7 Å². The first kappa shape index (κ1) is 23.6. The Hall–Kier alpha value is -1.04. The fourth-order valence-corrected chi connectivity index (χ4v) is 5.09. The van der Waals surface area contributed by atoms with Gasteiger partial charge in [0.15, 0.2) is 0 Å². The van der Waals surface area contributed by atoms with Gasteiger partial charge in [-0.2, -0.15) is 0 Å². The van der Waals surface area contributed by atoms with E-state index in [-0.39, 0.29) is 11.7 Å². The smallest absolute Gasteiger partial charge is 0.0985 e. The molecule has 30 heavy (non-hydrogen) atoms. The summed E-state index contributed by atoms with van der Waals surface area (Å²) in [7, 11) is 0. The van der Waals surface area contributed by atoms with Gasteiger partial charge in [-0.1, -0.05) is 18.2 Å². The van der Waals surface area contributed by atoms with Crippen LogP contribution < -0.4 is 0 Å². The average Bonchev–Trinajstić information content (AvgIpc) is 2.99. The maximum Gasteiger partial charge on any atom is 0.0985 e. The molecule has 0 saturated carbocycles. The largest absolute Gasteiger partial charge is 0.300 e. The van der Waals surface area contributed by atoms with Crippen LogP contribution in [0.3, 0.4) is 0 Å². The minimum Gasteiger partial charge on any atom is -0.300 e. The Morgan fingerprint density at radius 2 is 1.33 bits per heavy atom. The van der Waals surface area contributed by atoms with Crippen molar-refractivity contribution in [1.82, 2.24) is 14.7 Å². The molecule has 3 atom stereocenters. The van der Waals surface area contributed by atoms with E-state index >= 15 is 0 Å². The van der Waals surface area contributed by atoms with Crippen LogP contribution in [0.25, 0.3) is 0 Å². The highest BCUT2D eigenvalue weighted by Gasteiger charge is 2.25. The van der Waals surface area contributed by atoms with E-state index in [4.69, 9.17) is 0 Å². The molecule has 0 spiro atoms. The van der Waals surface area contributed by atoms with Crippen molar-refractivity contribution in [2.75, 3.05) is 39.3 Å². The molecule has 0 fully saturated rings. The Labute approximate surface area is 182 Å². The van der Waals surface area contributed by atoms with Crippen molar-refractivity contribution in [3.05, 3.63) is 36.0 Å². The normalized spacial score (nSPS) is 25.3. The van der Waals surface area contributed by atoms with Crippen LogP contribution in [0.1, 0.15) is 65.2 Å². The lowest BCUT2D eigenvalue weighted by atomic mass is 9.96. The highest BCUT2D eigenvalue weighted by molar-refractivity contribution is 5.00. The maximum atomic E-state index is 13.6. The third kappa shape index (κ3) is 7.28. The number of halogens is 2. The topological polar surface area (TPSA) is 9.72 Å². The molecule has 0 aliphatic carbocycles. The summed E-state index contributed by atoms with van der Waals surface area (Å²) in [6.45, 7) is 10.2. The molecule has 0 saturated heterocycles. The molecular weight excluding hydrogens is 380 g/mol. The first-order chi connectivity index (χ1) is 14.5. The molecule has 3 nitrogen and oxygen atoms in total. The van der Waals surface area contributed by atoms with E-state index in [1.807, 2.05) is 0 Å². The van der Waals surface area contributed by atoms with Crippen molar-refractivity contribution in [3.63, 3.8) is 0 Å². The van der Waals surface area contributed by atoms with Gasteiger partial charge in [-0.25, -0.2) is 8.78 Å². The summed E-state index contributed by atoms with van der Waals surface area (Å²) in [6, 6.07) is 1.56. The standard InChI is InChI=1S/C25H41F2N3/c1-21(28-15-4-3-5-16-28)8-10-25(30-19-13-24(27)14-20-30)11-9-22(2)29-17-6-7-23(26)12-18-29/h3-4,7,13,21-22,25H,5-6,8-12,14-20H2,1-2H3. The van der Waals surface area contributed by atoms with Gasteiger partial charge < -0.3 is 0 Å². The minimum absolute atomic E-state index is 0.0472. The second kappa shape index (κ2) is 12.1. The summed E-state index contributed by atoms with van der Waals surface area (Å²) >= 11 is 0. The van der Waals surface area contributed by atoms with Crippen LogP contribution in [0.4, 0.5) is 8.78 Å². The molecule has 0 N–H and O–H groups in total. The van der Waals surface area contributed by atoms with Crippen molar-refractivity contribution in [2.45, 2.75) is 83.3 Å². The molecule has 0 amide bonds. The maximum absolute atomic E-state index is 13.6. The summed E-state index contributed by atoms with van der Waals surface area (Å²) in [5, 5.41) is 0. The van der Waals surface area contributed by atoms with Gasteiger partial charge in [-0.15, -0.1) is 0 Å². The molecule has 0 aromatic rings. The van der Waals surface area contributed by atoms with Crippen LogP contribution >= 0.6 is 0 Å². The predicted molar refractivity (Wildman–Crippen MR) is 122 cm³/mol. The number of hydrogen-bond donors (Lipinski definition) is 0. The van der Waals surface area contributed by atoms with Crippen LogP contribution in [0.15, 0.2) is 36.0 Å². The van der Waals surface area contributed by atoms with Crippen LogP contribution in [0, 0.1) is 0 Å². The Morgan fingerprint density at radius 3 is 1.97 bits per heavy atom. The minimum atomic E-state index is 0.0472. The molecule has 3 rings (SSSR count). The van der Waals surface area contributed by atoms with Crippen molar-refractivity contribution in [1.29, 1.82) is 0 Å². The molecule has 3 aliphatic heterocycles. The summed E-state index contributed by atoms with van der Waals surface area (Å²) in [5.74, 6) is 0.0946. The molecule has 3 heterocycles. The Balaban J connectivity index is 1.52. The van der Waals surface area contributed by atoms with Crippen molar-refractivity contribution >= 4 is 0 Å². The van der Waals surface area contributed by atoms with Crippen LogP contribution in [0.2, 0.25) is 0 Å². The molecule has 0 radical (unpaired) electrons. The van der Waals surface area contributed by atoms with E-state index in [9.17, 15) is 8.78 Å². The Morgan fingerprint density at radius 1 is 0.700 bits per heavy atom. The lowest BCUT2D eigenvalue weighted by molar-refractivity contribution is 0.139. The highest BCUT2D eigenvalue weighted by Crippen LogP contribution is 2.24. The van der Waals surface area contributed by atoms with E-state index in [2.05, 4.69) is 40.7 Å². The molecule has 5 heteroatoms. The second-order valence-corrected chi connectivity index (χ2v) is 9.38. The first-order valence-corrected chi connectivity index (χ1v) is 12.1. The van der Waals surface area contributed by atoms with Gasteiger partial charge in [0.05, 0.1) is 11.7 Å². The van der Waals surface area contributed by atoms with Gasteiger partial charge in [0.2, 0.25) is 0 Å². The summed E-state index contributed by atoms with van der Waals surface area (Å²) in [4.78, 5) is 7.51. The highest BCUT2D eigenvalue weighted by atomic mass is 19.1. The van der Waals surface area contributed by atoms with E-state index < -0.39 is 0 Å². The lowest BCUT2D eigenvalue weighted by Gasteiger charge is -2.37. The SMILES string of the molecule is CC(CCC(CCC(C)N1CCC=C(F)CC1)N1CC=C(F)CC1)N1CC=CCC1. The quantitative estimate of drug-likeness (QED) is 0.458. The monoisotopic (exact) mass is 421 g/mol. The molecule has 0 bridgehead atoms. The van der Waals surface area contributed by atoms with Crippen molar-refractivity contribution in [3.8, 4) is 0 Å². The molecule has 3 aliphatic rings. The zero-order chi connectivity index (χ0) is 21.3. The van der Waals surface area contributed by atoms with Gasteiger partial charge in [0.1, 0.15) is 0 Å². The Bertz CT molecular complexity index is 616. The Kier molecular flexibility index (Phi) is 9.54. The van der Waals surface area contributed by atoms with Crippen molar-refractivity contribution < 1.29 is 8.78 Å². The number of nitrogens with zero attached hydrogens (tertiary/aromatic N) is 3. The fourth-order valence-electron chi connectivity index (χ4n) is 5.09. The number of rotatable bonds is 9. The fraction of sp³-hybridized carbons (Fsp3) is 0.760. The summed E-state index contributed by atoms with van der Waals surface area (Å²) in [6.07, 6.45) is 15.8. The van der Waals surface area contributed by atoms with Gasteiger partial charge in [-0.05, 0) is 58.4 Å². The van der Waals surface area contributed by atoms with Crippen LogP contribution in [0.5, 0.6) is 0 Å². The van der Waals surface area contributed by atoms with Crippen LogP contribution in [-0.4, -0.2) is 72.1 Å². The first-order valence-electron chi connectivity index (χ1n) is 12.1. The van der Waals surface area contributed by atoms with Gasteiger partial charge in [0, 0.05) is 70.2 Å². The third-order valence-electron chi connectivity index (χ3n) is 7.29. The zero-order valence-corrected chi connectivity index (χ0v) is 19.0. The van der Waals surface area contributed by atoms with E-state index in [0.717, 1.165) is 65.0 Å². The summed E-state index contributed by atoms with van der Waals surface area (Å²) < 4.78 is 27.2. The second-order valence-electron chi connectivity index (χ2n) is 9.38. The molecule has 0 aromatic carbocycles. The van der Waals surface area contributed by atoms with Crippen LogP contribution in [-0.2, 0) is 0 Å². The lowest BCUT2D eigenvalue weighted by Crippen LogP contribution is -2.42. The number of hydrogen-bond acceptors (Lipinski definition) is 3. The van der Waals surface area contributed by atoms with E-state index in [1.165, 1.54) is 12.8 Å². The average molecular weight is 422 g/mol. The molecular formula is C25H41F2N3. The van der Waals surface area contributed by atoms with Crippen molar-refractivity contribution in [2.24, 2.45) is 0 Å². The molecule has 3 unspecified atom stereocenters. The predicted octanol–water partition coefficient (Wildman–Crippen LogP) is 5.46. The van der Waals surface area contributed by atoms with E-state index in [1.54, 1.807) is 12.2 Å². The molecule has 0 aromatic heterocycles. The molecule has 170 valence electrons. The summed E-state index contributed by atoms with van der Waals surface area (Å²) in [5.41, 5.74) is 0.